The normalized spacial score (nSPS) is 11.0. The first-order chi connectivity index (χ1) is 14.1. The molecule has 9 heteroatoms. The third-order valence-electron chi connectivity index (χ3n) is 4.32. The molecule has 4 rings (SSSR count). The van der Waals surface area contributed by atoms with Gasteiger partial charge in [0.05, 0.1) is 12.2 Å². The molecule has 0 saturated carbocycles. The number of hydrogen-bond donors (Lipinski definition) is 2. The molecule has 0 saturated heterocycles. The molecule has 0 unspecified atom stereocenters. The van der Waals surface area contributed by atoms with Gasteiger partial charge in [-0.15, -0.1) is 10.2 Å². The Bertz CT molecular complexity index is 1160. The lowest BCUT2D eigenvalue weighted by molar-refractivity contribution is 0.0944. The highest BCUT2D eigenvalue weighted by Crippen LogP contribution is 2.18. The van der Waals surface area contributed by atoms with Crippen LogP contribution in [0.4, 0.5) is 0 Å². The number of amides is 1. The number of carbonyl (C=O) groups is 1. The summed E-state index contributed by atoms with van der Waals surface area (Å²) in [7, 11) is 0. The Morgan fingerprint density at radius 3 is 2.76 bits per heavy atom. The van der Waals surface area contributed by atoms with Crippen molar-refractivity contribution in [2.45, 2.75) is 13.3 Å². The van der Waals surface area contributed by atoms with Gasteiger partial charge in [0.1, 0.15) is 5.82 Å². The molecular formula is C20H19N7O2. The lowest BCUT2D eigenvalue weighted by atomic mass is 10.1. The first kappa shape index (κ1) is 18.6. The van der Waals surface area contributed by atoms with E-state index in [1.165, 1.54) is 6.20 Å². The summed E-state index contributed by atoms with van der Waals surface area (Å²) in [5.41, 5.74) is 3.30. The van der Waals surface area contributed by atoms with Crippen molar-refractivity contribution in [1.29, 1.82) is 0 Å². The SMILES string of the molecule is Cc1cnc(-c2cccc(Cc3nnc4ncc(C(=O)NCCO)cn34)c2)nc1. The van der Waals surface area contributed by atoms with Gasteiger partial charge < -0.3 is 10.4 Å². The molecule has 0 atom stereocenters. The predicted molar refractivity (Wildman–Crippen MR) is 105 cm³/mol. The second-order valence-electron chi connectivity index (χ2n) is 6.57. The number of benzene rings is 1. The van der Waals surface area contributed by atoms with E-state index in [0.717, 1.165) is 16.7 Å². The van der Waals surface area contributed by atoms with E-state index in [2.05, 4.69) is 30.5 Å². The fourth-order valence-electron chi connectivity index (χ4n) is 2.89. The molecule has 29 heavy (non-hydrogen) atoms. The van der Waals surface area contributed by atoms with Crippen LogP contribution in [0.1, 0.15) is 27.3 Å². The molecule has 0 spiro atoms. The maximum atomic E-state index is 12.1. The van der Waals surface area contributed by atoms with Crippen molar-refractivity contribution in [2.75, 3.05) is 13.2 Å². The number of fused-ring (bicyclic) bond motifs is 1. The second kappa shape index (κ2) is 8.11. The quantitative estimate of drug-likeness (QED) is 0.509. The topological polar surface area (TPSA) is 118 Å². The van der Waals surface area contributed by atoms with Crippen LogP contribution in [-0.2, 0) is 6.42 Å². The fourth-order valence-corrected chi connectivity index (χ4v) is 2.89. The van der Waals surface area contributed by atoms with Gasteiger partial charge in [-0.1, -0.05) is 18.2 Å². The van der Waals surface area contributed by atoms with Crippen LogP contribution in [0.15, 0.2) is 49.1 Å². The fraction of sp³-hybridized carbons (Fsp3) is 0.200. The van der Waals surface area contributed by atoms with Crippen molar-refractivity contribution in [1.82, 2.24) is 34.9 Å². The zero-order chi connectivity index (χ0) is 20.2. The van der Waals surface area contributed by atoms with Gasteiger partial charge in [-0.05, 0) is 24.1 Å². The molecule has 0 bridgehead atoms. The van der Waals surface area contributed by atoms with Gasteiger partial charge >= 0.3 is 0 Å². The number of aromatic nitrogens is 6. The highest BCUT2D eigenvalue weighted by atomic mass is 16.3. The van der Waals surface area contributed by atoms with E-state index in [4.69, 9.17) is 5.11 Å². The minimum Gasteiger partial charge on any atom is -0.395 e. The van der Waals surface area contributed by atoms with Crippen molar-refractivity contribution in [3.05, 3.63) is 71.6 Å². The number of nitrogens with one attached hydrogen (secondary N) is 1. The van der Waals surface area contributed by atoms with Crippen LogP contribution < -0.4 is 5.32 Å². The zero-order valence-corrected chi connectivity index (χ0v) is 15.8. The summed E-state index contributed by atoms with van der Waals surface area (Å²) in [4.78, 5) is 25.1. The van der Waals surface area contributed by atoms with E-state index in [0.29, 0.717) is 29.4 Å². The van der Waals surface area contributed by atoms with Crippen molar-refractivity contribution >= 4 is 11.7 Å². The Balaban J connectivity index is 1.61. The number of hydrogen-bond acceptors (Lipinski definition) is 7. The molecule has 0 aliphatic heterocycles. The number of rotatable bonds is 6. The van der Waals surface area contributed by atoms with Gasteiger partial charge in [0.25, 0.3) is 11.7 Å². The Morgan fingerprint density at radius 2 is 1.97 bits per heavy atom. The maximum absolute atomic E-state index is 12.1. The molecule has 2 N–H and O–H groups in total. The summed E-state index contributed by atoms with van der Waals surface area (Å²) in [5.74, 6) is 1.42. The summed E-state index contributed by atoms with van der Waals surface area (Å²) in [6, 6.07) is 7.91. The summed E-state index contributed by atoms with van der Waals surface area (Å²) in [5, 5.41) is 19.8. The summed E-state index contributed by atoms with van der Waals surface area (Å²) < 4.78 is 1.70. The Morgan fingerprint density at radius 1 is 1.14 bits per heavy atom. The molecule has 0 fully saturated rings. The van der Waals surface area contributed by atoms with Crippen LogP contribution in [-0.4, -0.2) is 53.7 Å². The molecule has 146 valence electrons. The van der Waals surface area contributed by atoms with E-state index >= 15 is 0 Å². The van der Waals surface area contributed by atoms with E-state index in [-0.39, 0.29) is 19.1 Å². The average Bonchev–Trinajstić information content (AvgIpc) is 3.14. The van der Waals surface area contributed by atoms with Crippen molar-refractivity contribution in [3.63, 3.8) is 0 Å². The monoisotopic (exact) mass is 389 g/mol. The first-order valence-corrected chi connectivity index (χ1v) is 9.11. The summed E-state index contributed by atoms with van der Waals surface area (Å²) in [6.45, 7) is 2.00. The third-order valence-corrected chi connectivity index (χ3v) is 4.32. The molecule has 3 heterocycles. The third kappa shape index (κ3) is 4.09. The second-order valence-corrected chi connectivity index (χ2v) is 6.57. The Kier molecular flexibility index (Phi) is 5.21. The summed E-state index contributed by atoms with van der Waals surface area (Å²) in [6.07, 6.45) is 7.17. The highest BCUT2D eigenvalue weighted by Gasteiger charge is 2.12. The molecule has 0 aliphatic carbocycles. The van der Waals surface area contributed by atoms with Gasteiger partial charge in [0.15, 0.2) is 5.82 Å². The largest absolute Gasteiger partial charge is 0.395 e. The minimum atomic E-state index is -0.313. The smallest absolute Gasteiger partial charge is 0.255 e. The number of nitrogens with zero attached hydrogens (tertiary/aromatic N) is 6. The zero-order valence-electron chi connectivity index (χ0n) is 15.8. The van der Waals surface area contributed by atoms with Gasteiger partial charge in [-0.3, -0.25) is 9.20 Å². The van der Waals surface area contributed by atoms with Crippen molar-refractivity contribution in [3.8, 4) is 11.4 Å². The van der Waals surface area contributed by atoms with E-state index in [9.17, 15) is 4.79 Å². The molecule has 3 aromatic heterocycles. The molecule has 9 nitrogen and oxygen atoms in total. The van der Waals surface area contributed by atoms with E-state index in [1.807, 2.05) is 31.2 Å². The number of aliphatic hydroxyl groups is 1. The molecule has 0 radical (unpaired) electrons. The van der Waals surface area contributed by atoms with E-state index in [1.54, 1.807) is 23.0 Å². The molecule has 0 aliphatic rings. The van der Waals surface area contributed by atoms with E-state index < -0.39 is 0 Å². The lowest BCUT2D eigenvalue weighted by Crippen LogP contribution is -2.26. The molecular weight excluding hydrogens is 370 g/mol. The number of aliphatic hydroxyl groups excluding tert-OH is 1. The van der Waals surface area contributed by atoms with Gasteiger partial charge in [-0.2, -0.15) is 0 Å². The molecule has 1 aromatic carbocycles. The van der Waals surface area contributed by atoms with Crippen LogP contribution in [0.5, 0.6) is 0 Å². The van der Waals surface area contributed by atoms with Crippen LogP contribution in [0, 0.1) is 6.92 Å². The van der Waals surface area contributed by atoms with Crippen LogP contribution in [0.25, 0.3) is 17.2 Å². The molecule has 1 amide bonds. The van der Waals surface area contributed by atoms with Gasteiger partial charge in [-0.25, -0.2) is 15.0 Å². The van der Waals surface area contributed by atoms with Gasteiger partial charge in [0.2, 0.25) is 0 Å². The molecule has 4 aromatic rings. The Labute approximate surface area is 166 Å². The highest BCUT2D eigenvalue weighted by molar-refractivity contribution is 5.93. The standard InChI is InChI=1S/C20H19N7O2/c1-13-9-22-18(23-10-13)15-4-2-3-14(7-15)8-17-25-26-20-24-11-16(12-27(17)20)19(29)21-5-6-28/h2-4,7,9-12,28H,5-6,8H2,1H3,(H,21,29). The van der Waals surface area contributed by atoms with Crippen LogP contribution in [0.2, 0.25) is 0 Å². The van der Waals surface area contributed by atoms with Crippen molar-refractivity contribution < 1.29 is 9.90 Å². The number of carbonyl (C=O) groups excluding carboxylic acids is 1. The Hall–Kier alpha value is -3.72. The maximum Gasteiger partial charge on any atom is 0.255 e. The van der Waals surface area contributed by atoms with Crippen LogP contribution in [0.3, 0.4) is 0 Å². The number of aryl methyl sites for hydroxylation is 1. The van der Waals surface area contributed by atoms with Crippen LogP contribution >= 0.6 is 0 Å². The van der Waals surface area contributed by atoms with Gasteiger partial charge in [0, 0.05) is 43.3 Å². The minimum absolute atomic E-state index is 0.125. The lowest BCUT2D eigenvalue weighted by Gasteiger charge is -2.06. The predicted octanol–water partition coefficient (Wildman–Crippen LogP) is 1.20. The first-order valence-electron chi connectivity index (χ1n) is 9.11. The summed E-state index contributed by atoms with van der Waals surface area (Å²) >= 11 is 0. The van der Waals surface area contributed by atoms with Crippen molar-refractivity contribution in [2.24, 2.45) is 0 Å². The average molecular weight is 389 g/mol.